The van der Waals surface area contributed by atoms with Gasteiger partial charge >= 0.3 is 0 Å². The van der Waals surface area contributed by atoms with Crippen LogP contribution in [-0.2, 0) is 6.42 Å². The summed E-state index contributed by atoms with van der Waals surface area (Å²) in [7, 11) is 0. The van der Waals surface area contributed by atoms with Crippen molar-refractivity contribution in [2.75, 3.05) is 18.4 Å². The molecule has 0 saturated carbocycles. The summed E-state index contributed by atoms with van der Waals surface area (Å²) in [5.41, 5.74) is 4.39. The van der Waals surface area contributed by atoms with Gasteiger partial charge < -0.3 is 15.6 Å². The van der Waals surface area contributed by atoms with E-state index >= 15 is 0 Å². The fraction of sp³-hybridized carbons (Fsp3) is 0.375. The second kappa shape index (κ2) is 7.31. The van der Waals surface area contributed by atoms with Gasteiger partial charge in [-0.3, -0.25) is 4.79 Å². The van der Waals surface area contributed by atoms with Crippen LogP contribution in [-0.4, -0.2) is 29.0 Å². The van der Waals surface area contributed by atoms with Gasteiger partial charge in [-0.15, -0.1) is 0 Å². The molecule has 0 radical (unpaired) electrons. The molecule has 5 nitrogen and oxygen atoms in total. The molecule has 0 atom stereocenters. The number of aromatic amines is 1. The Kier molecular flexibility index (Phi) is 5.44. The van der Waals surface area contributed by atoms with Crippen molar-refractivity contribution in [3.8, 4) is 0 Å². The number of carbonyl (C=O) groups is 1. The Morgan fingerprint density at radius 3 is 2.77 bits per heavy atom. The van der Waals surface area contributed by atoms with Crippen LogP contribution in [0.2, 0.25) is 5.02 Å². The minimum Gasteiger partial charge on any atom is -0.385 e. The lowest BCUT2D eigenvalue weighted by Gasteiger charge is -2.13. The predicted molar refractivity (Wildman–Crippen MR) is 89.7 cm³/mol. The van der Waals surface area contributed by atoms with Gasteiger partial charge in [0.2, 0.25) is 0 Å². The van der Waals surface area contributed by atoms with Crippen LogP contribution < -0.4 is 10.6 Å². The summed E-state index contributed by atoms with van der Waals surface area (Å²) < 4.78 is 0. The van der Waals surface area contributed by atoms with Gasteiger partial charge in [0.25, 0.3) is 5.91 Å². The first-order valence-corrected chi connectivity index (χ1v) is 7.71. The first-order chi connectivity index (χ1) is 10.5. The summed E-state index contributed by atoms with van der Waals surface area (Å²) in [5.74, 6) is -0.118. The van der Waals surface area contributed by atoms with E-state index in [0.29, 0.717) is 23.6 Å². The zero-order valence-corrected chi connectivity index (χ0v) is 13.8. The Labute approximate surface area is 135 Å². The van der Waals surface area contributed by atoms with E-state index in [1.165, 1.54) is 0 Å². The number of anilines is 1. The standard InChI is InChI=1S/C16H21ClN4O/c1-4-18-15-8-12(17)7-13(10(15)2)16(22)19-6-5-14-11(3)20-9-21-14/h7-9,18H,4-6H2,1-3H3,(H,19,22)(H,20,21). The van der Waals surface area contributed by atoms with Crippen LogP contribution in [0.5, 0.6) is 0 Å². The van der Waals surface area contributed by atoms with Crippen molar-refractivity contribution < 1.29 is 4.79 Å². The monoisotopic (exact) mass is 320 g/mol. The molecule has 0 spiro atoms. The summed E-state index contributed by atoms with van der Waals surface area (Å²) in [4.78, 5) is 19.6. The zero-order chi connectivity index (χ0) is 16.1. The SMILES string of the molecule is CCNc1cc(Cl)cc(C(=O)NCCc2nc[nH]c2C)c1C. The average molecular weight is 321 g/mol. The number of H-pyrrole nitrogens is 1. The van der Waals surface area contributed by atoms with E-state index in [4.69, 9.17) is 11.6 Å². The molecule has 1 amide bonds. The number of aromatic nitrogens is 2. The van der Waals surface area contributed by atoms with Crippen molar-refractivity contribution in [3.05, 3.63) is 46.0 Å². The summed E-state index contributed by atoms with van der Waals surface area (Å²) in [5, 5.41) is 6.69. The molecule has 0 aliphatic rings. The molecule has 2 aromatic rings. The summed E-state index contributed by atoms with van der Waals surface area (Å²) >= 11 is 6.10. The van der Waals surface area contributed by atoms with Gasteiger partial charge in [0.05, 0.1) is 12.0 Å². The van der Waals surface area contributed by atoms with Gasteiger partial charge in [-0.05, 0) is 38.5 Å². The highest BCUT2D eigenvalue weighted by molar-refractivity contribution is 6.31. The lowest BCUT2D eigenvalue weighted by molar-refractivity contribution is 0.0953. The summed E-state index contributed by atoms with van der Waals surface area (Å²) in [6.07, 6.45) is 2.36. The number of hydrogen-bond acceptors (Lipinski definition) is 3. The molecule has 6 heteroatoms. The Morgan fingerprint density at radius 2 is 2.14 bits per heavy atom. The molecule has 1 aromatic heterocycles. The predicted octanol–water partition coefficient (Wildman–Crippen LogP) is 3.08. The summed E-state index contributed by atoms with van der Waals surface area (Å²) in [6, 6.07) is 3.54. The van der Waals surface area contributed by atoms with Gasteiger partial charge in [-0.2, -0.15) is 0 Å². The maximum atomic E-state index is 12.4. The van der Waals surface area contributed by atoms with Crippen molar-refractivity contribution in [1.29, 1.82) is 0 Å². The second-order valence-corrected chi connectivity index (χ2v) is 5.57. The van der Waals surface area contributed by atoms with Crippen molar-refractivity contribution in [1.82, 2.24) is 15.3 Å². The molecule has 3 N–H and O–H groups in total. The van der Waals surface area contributed by atoms with Gasteiger partial charge in [0, 0.05) is 41.5 Å². The molecule has 22 heavy (non-hydrogen) atoms. The van der Waals surface area contributed by atoms with E-state index in [-0.39, 0.29) is 5.91 Å². The maximum absolute atomic E-state index is 12.4. The fourth-order valence-corrected chi connectivity index (χ4v) is 2.54. The third-order valence-electron chi connectivity index (χ3n) is 3.57. The van der Waals surface area contributed by atoms with Crippen LogP contribution in [0.4, 0.5) is 5.69 Å². The molecule has 1 aromatic carbocycles. The Bertz CT molecular complexity index is 666. The third kappa shape index (κ3) is 3.80. The molecule has 0 fully saturated rings. The number of aryl methyl sites for hydroxylation is 1. The molecule has 118 valence electrons. The molecular weight excluding hydrogens is 300 g/mol. The van der Waals surface area contributed by atoms with Crippen LogP contribution in [0.3, 0.4) is 0 Å². The average Bonchev–Trinajstić information content (AvgIpc) is 2.88. The number of imidazole rings is 1. The lowest BCUT2D eigenvalue weighted by atomic mass is 10.1. The van der Waals surface area contributed by atoms with Gasteiger partial charge in [0.1, 0.15) is 0 Å². The highest BCUT2D eigenvalue weighted by atomic mass is 35.5. The minimum absolute atomic E-state index is 0.118. The largest absolute Gasteiger partial charge is 0.385 e. The normalized spacial score (nSPS) is 10.5. The fourth-order valence-electron chi connectivity index (χ4n) is 2.32. The highest BCUT2D eigenvalue weighted by Gasteiger charge is 2.13. The Balaban J connectivity index is 2.04. The number of halogens is 1. The summed E-state index contributed by atoms with van der Waals surface area (Å²) in [6.45, 7) is 7.20. The van der Waals surface area contributed by atoms with Crippen molar-refractivity contribution in [2.24, 2.45) is 0 Å². The first kappa shape index (κ1) is 16.4. The van der Waals surface area contributed by atoms with Crippen LogP contribution in [0.15, 0.2) is 18.5 Å². The first-order valence-electron chi connectivity index (χ1n) is 7.34. The molecule has 0 bridgehead atoms. The number of nitrogens with one attached hydrogen (secondary N) is 3. The number of amides is 1. The Morgan fingerprint density at radius 1 is 1.36 bits per heavy atom. The van der Waals surface area contributed by atoms with Crippen molar-refractivity contribution >= 4 is 23.2 Å². The molecule has 0 saturated heterocycles. The van der Waals surface area contributed by atoms with Gasteiger partial charge in [-0.25, -0.2) is 4.98 Å². The van der Waals surface area contributed by atoms with E-state index in [9.17, 15) is 4.79 Å². The Hall–Kier alpha value is -2.01. The number of carbonyl (C=O) groups excluding carboxylic acids is 1. The number of rotatable bonds is 6. The highest BCUT2D eigenvalue weighted by Crippen LogP contribution is 2.24. The molecule has 0 unspecified atom stereocenters. The van der Waals surface area contributed by atoms with E-state index in [1.54, 1.807) is 12.4 Å². The molecule has 2 rings (SSSR count). The number of benzene rings is 1. The van der Waals surface area contributed by atoms with Crippen LogP contribution in [0.25, 0.3) is 0 Å². The molecule has 0 aliphatic heterocycles. The molecular formula is C16H21ClN4O. The van der Waals surface area contributed by atoms with Crippen LogP contribution in [0.1, 0.15) is 34.2 Å². The van der Waals surface area contributed by atoms with Crippen molar-refractivity contribution in [3.63, 3.8) is 0 Å². The zero-order valence-electron chi connectivity index (χ0n) is 13.1. The third-order valence-corrected chi connectivity index (χ3v) is 3.78. The van der Waals surface area contributed by atoms with Crippen molar-refractivity contribution in [2.45, 2.75) is 27.2 Å². The van der Waals surface area contributed by atoms with E-state index in [1.807, 2.05) is 26.8 Å². The van der Waals surface area contributed by atoms with Gasteiger partial charge in [0.15, 0.2) is 0 Å². The van der Waals surface area contributed by atoms with Gasteiger partial charge in [-0.1, -0.05) is 11.6 Å². The number of hydrogen-bond donors (Lipinski definition) is 3. The quantitative estimate of drug-likeness (QED) is 0.766. The van der Waals surface area contributed by atoms with Crippen LogP contribution >= 0.6 is 11.6 Å². The number of nitrogens with zero attached hydrogens (tertiary/aromatic N) is 1. The minimum atomic E-state index is -0.118. The van der Waals surface area contributed by atoms with E-state index in [0.717, 1.165) is 29.2 Å². The smallest absolute Gasteiger partial charge is 0.251 e. The van der Waals surface area contributed by atoms with Crippen LogP contribution in [0, 0.1) is 13.8 Å². The maximum Gasteiger partial charge on any atom is 0.251 e. The lowest BCUT2D eigenvalue weighted by Crippen LogP contribution is -2.27. The molecule has 0 aliphatic carbocycles. The van der Waals surface area contributed by atoms with E-state index < -0.39 is 0 Å². The topological polar surface area (TPSA) is 69.8 Å². The van der Waals surface area contributed by atoms with E-state index in [2.05, 4.69) is 20.6 Å². The second-order valence-electron chi connectivity index (χ2n) is 5.14. The molecule has 1 heterocycles.